The highest BCUT2D eigenvalue weighted by Gasteiger charge is 2.12. The second-order valence-electron chi connectivity index (χ2n) is 6.22. The van der Waals surface area contributed by atoms with Crippen LogP contribution >= 0.6 is 11.3 Å². The Kier molecular flexibility index (Phi) is 7.53. The van der Waals surface area contributed by atoms with Gasteiger partial charge in [0.2, 0.25) is 0 Å². The molecule has 0 saturated heterocycles. The van der Waals surface area contributed by atoms with Gasteiger partial charge in [-0.1, -0.05) is 26.0 Å². The number of aromatic nitrogens is 1. The van der Waals surface area contributed by atoms with E-state index in [1.165, 1.54) is 11.3 Å². The zero-order valence-electron chi connectivity index (χ0n) is 14.9. The first-order valence-electron chi connectivity index (χ1n) is 8.52. The van der Waals surface area contributed by atoms with Crippen molar-refractivity contribution in [2.45, 2.75) is 33.1 Å². The molecule has 0 bridgehead atoms. The summed E-state index contributed by atoms with van der Waals surface area (Å²) in [5, 5.41) is 5.54. The van der Waals surface area contributed by atoms with Gasteiger partial charge in [0.25, 0.3) is 5.91 Å². The lowest BCUT2D eigenvalue weighted by Crippen LogP contribution is -2.42. The van der Waals surface area contributed by atoms with Crippen molar-refractivity contribution in [3.8, 4) is 0 Å². The molecule has 8 heteroatoms. The highest BCUT2D eigenvalue weighted by molar-refractivity contribution is 7.18. The van der Waals surface area contributed by atoms with Gasteiger partial charge in [-0.25, -0.2) is 9.78 Å². The third-order valence-electron chi connectivity index (χ3n) is 3.51. The molecule has 0 atom stereocenters. The molecule has 0 aliphatic carbocycles. The van der Waals surface area contributed by atoms with E-state index in [4.69, 9.17) is 4.74 Å². The van der Waals surface area contributed by atoms with E-state index >= 15 is 0 Å². The summed E-state index contributed by atoms with van der Waals surface area (Å²) >= 11 is 1.53. The van der Waals surface area contributed by atoms with Crippen molar-refractivity contribution >= 4 is 39.5 Å². The Bertz CT molecular complexity index is 740. The number of nitrogens with zero attached hydrogens (tertiary/aromatic N) is 1. The molecular weight excluding hydrogens is 354 g/mol. The first kappa shape index (κ1) is 19.8. The lowest BCUT2D eigenvalue weighted by atomic mass is 10.1. The van der Waals surface area contributed by atoms with E-state index < -0.39 is 24.5 Å². The molecule has 140 valence electrons. The average Bonchev–Trinajstić information content (AvgIpc) is 3.00. The molecule has 0 radical (unpaired) electrons. The summed E-state index contributed by atoms with van der Waals surface area (Å²) in [6.07, 6.45) is 1.41. The number of hydrogen-bond acceptors (Lipinski definition) is 6. The van der Waals surface area contributed by atoms with Crippen LogP contribution in [0.5, 0.6) is 0 Å². The zero-order chi connectivity index (χ0) is 18.9. The highest BCUT2D eigenvalue weighted by Crippen LogP contribution is 2.22. The Morgan fingerprint density at radius 2 is 2.00 bits per heavy atom. The van der Waals surface area contributed by atoms with Crippen LogP contribution in [0.3, 0.4) is 0 Å². The van der Waals surface area contributed by atoms with Gasteiger partial charge < -0.3 is 10.1 Å². The van der Waals surface area contributed by atoms with E-state index in [1.807, 2.05) is 38.1 Å². The number of nitrogens with one attached hydrogen (secondary N) is 2. The largest absolute Gasteiger partial charge is 0.456 e. The minimum Gasteiger partial charge on any atom is -0.456 e. The third-order valence-corrected chi connectivity index (χ3v) is 4.60. The summed E-state index contributed by atoms with van der Waals surface area (Å²) in [4.78, 5) is 39.3. The van der Waals surface area contributed by atoms with Crippen molar-refractivity contribution in [3.63, 3.8) is 0 Å². The first-order valence-corrected chi connectivity index (χ1v) is 9.33. The van der Waals surface area contributed by atoms with Gasteiger partial charge in [-0.3, -0.25) is 14.9 Å². The second-order valence-corrected chi connectivity index (χ2v) is 7.34. The Labute approximate surface area is 156 Å². The smallest absolute Gasteiger partial charge is 0.321 e. The van der Waals surface area contributed by atoms with Gasteiger partial charge in [-0.15, -0.1) is 11.3 Å². The van der Waals surface area contributed by atoms with E-state index in [1.54, 1.807) is 0 Å². The van der Waals surface area contributed by atoms with Crippen molar-refractivity contribution in [2.75, 3.05) is 13.2 Å². The van der Waals surface area contributed by atoms with Gasteiger partial charge in [0, 0.05) is 13.0 Å². The quantitative estimate of drug-likeness (QED) is 0.689. The fourth-order valence-corrected chi connectivity index (χ4v) is 3.10. The fourth-order valence-electron chi connectivity index (χ4n) is 2.14. The molecule has 1 heterocycles. The number of aryl methyl sites for hydroxylation is 1. The molecule has 2 rings (SSSR count). The molecule has 0 unspecified atom stereocenters. The van der Waals surface area contributed by atoms with Gasteiger partial charge in [0.05, 0.1) is 21.6 Å². The topological polar surface area (TPSA) is 97.4 Å². The Morgan fingerprint density at radius 3 is 2.73 bits per heavy atom. The van der Waals surface area contributed by atoms with E-state index in [9.17, 15) is 14.4 Å². The van der Waals surface area contributed by atoms with E-state index in [-0.39, 0.29) is 6.42 Å². The van der Waals surface area contributed by atoms with E-state index in [0.29, 0.717) is 18.9 Å². The Morgan fingerprint density at radius 1 is 1.23 bits per heavy atom. The fraction of sp³-hybridized carbons (Fsp3) is 0.444. The van der Waals surface area contributed by atoms with Crippen LogP contribution in [0.25, 0.3) is 10.2 Å². The zero-order valence-corrected chi connectivity index (χ0v) is 15.7. The molecule has 0 fully saturated rings. The predicted molar refractivity (Wildman–Crippen MR) is 99.9 cm³/mol. The maximum atomic E-state index is 11.7. The number of carbonyl (C=O) groups excluding carboxylic acids is 3. The summed E-state index contributed by atoms with van der Waals surface area (Å²) in [6.45, 7) is 4.09. The molecule has 7 nitrogen and oxygen atoms in total. The second kappa shape index (κ2) is 9.86. The van der Waals surface area contributed by atoms with Crippen molar-refractivity contribution < 1.29 is 19.1 Å². The number of hydrogen-bond donors (Lipinski definition) is 2. The molecule has 2 N–H and O–H groups in total. The Balaban J connectivity index is 1.64. The minimum atomic E-state index is -0.652. The van der Waals surface area contributed by atoms with E-state index in [2.05, 4.69) is 15.6 Å². The van der Waals surface area contributed by atoms with Gasteiger partial charge >= 0.3 is 12.0 Å². The van der Waals surface area contributed by atoms with Crippen molar-refractivity contribution in [1.82, 2.24) is 15.6 Å². The molecule has 0 saturated carbocycles. The van der Waals surface area contributed by atoms with E-state index in [0.717, 1.165) is 21.6 Å². The van der Waals surface area contributed by atoms with Crippen molar-refractivity contribution in [1.29, 1.82) is 0 Å². The number of rotatable bonds is 8. The van der Waals surface area contributed by atoms with Crippen LogP contribution in [-0.2, 0) is 20.7 Å². The number of para-hydroxylation sites is 1. The number of imide groups is 1. The van der Waals surface area contributed by atoms with Crippen LogP contribution in [0.1, 0.15) is 31.7 Å². The number of esters is 1. The van der Waals surface area contributed by atoms with Crippen LogP contribution in [0.4, 0.5) is 4.79 Å². The predicted octanol–water partition coefficient (Wildman–Crippen LogP) is 2.64. The lowest BCUT2D eigenvalue weighted by molar-refractivity contribution is -0.148. The summed E-state index contributed by atoms with van der Waals surface area (Å²) in [6, 6.07) is 7.17. The number of carbonyl (C=O) groups is 3. The van der Waals surface area contributed by atoms with Gasteiger partial charge in [-0.2, -0.15) is 0 Å². The summed E-state index contributed by atoms with van der Waals surface area (Å²) in [5.41, 5.74) is 0.906. The molecule has 0 aliphatic heterocycles. The normalized spacial score (nSPS) is 10.7. The van der Waals surface area contributed by atoms with Crippen LogP contribution in [0, 0.1) is 5.92 Å². The Hall–Kier alpha value is -2.48. The number of urea groups is 1. The van der Waals surface area contributed by atoms with Crippen molar-refractivity contribution in [3.05, 3.63) is 29.3 Å². The summed E-state index contributed by atoms with van der Waals surface area (Å²) in [7, 11) is 0. The molecule has 1 aromatic heterocycles. The number of benzene rings is 1. The molecule has 26 heavy (non-hydrogen) atoms. The van der Waals surface area contributed by atoms with Crippen LogP contribution in [0.2, 0.25) is 0 Å². The molecule has 2 aromatic rings. The molecule has 0 spiro atoms. The SMILES string of the molecule is CC(C)CCNC(=O)NC(=O)COC(=O)CCc1nc2ccccc2s1. The van der Waals surface area contributed by atoms with Crippen molar-refractivity contribution in [2.24, 2.45) is 5.92 Å². The molecule has 3 amide bonds. The average molecular weight is 377 g/mol. The minimum absolute atomic E-state index is 0.133. The van der Waals surface area contributed by atoms with Gasteiger partial charge in [0.1, 0.15) is 0 Å². The summed E-state index contributed by atoms with van der Waals surface area (Å²) < 4.78 is 5.96. The van der Waals surface area contributed by atoms with Gasteiger partial charge in [-0.05, 0) is 24.5 Å². The maximum absolute atomic E-state index is 11.7. The number of fused-ring (bicyclic) bond motifs is 1. The standard InChI is InChI=1S/C18H23N3O4S/c1-12(2)9-10-19-18(24)21-15(22)11-25-17(23)8-7-16-20-13-5-3-4-6-14(13)26-16/h3-6,12H,7-11H2,1-2H3,(H2,19,21,22,24). The van der Waals surface area contributed by atoms with Crippen LogP contribution in [-0.4, -0.2) is 36.0 Å². The number of ether oxygens (including phenoxy) is 1. The molecule has 1 aromatic carbocycles. The van der Waals surface area contributed by atoms with Gasteiger partial charge in [0.15, 0.2) is 6.61 Å². The number of thiazole rings is 1. The number of amides is 3. The van der Waals surface area contributed by atoms with Crippen LogP contribution in [0.15, 0.2) is 24.3 Å². The maximum Gasteiger partial charge on any atom is 0.321 e. The molecule has 0 aliphatic rings. The highest BCUT2D eigenvalue weighted by atomic mass is 32.1. The third kappa shape index (κ3) is 6.79. The summed E-state index contributed by atoms with van der Waals surface area (Å²) in [5.74, 6) is -0.692. The monoisotopic (exact) mass is 377 g/mol. The molecular formula is C18H23N3O4S. The first-order chi connectivity index (χ1) is 12.4. The lowest BCUT2D eigenvalue weighted by Gasteiger charge is -2.08. The van der Waals surface area contributed by atoms with Crippen LogP contribution < -0.4 is 10.6 Å².